The van der Waals surface area contributed by atoms with Crippen LogP contribution >= 0.6 is 0 Å². The number of fused-ring (bicyclic) bond motifs is 1. The monoisotopic (exact) mass is 361 g/mol. The molecule has 0 fully saturated rings. The Kier molecular flexibility index (Phi) is 3.92. The maximum atomic E-state index is 13.6. The lowest BCUT2D eigenvalue weighted by Crippen LogP contribution is -2.20. The molecule has 4 aromatic rings. The van der Waals surface area contributed by atoms with E-state index < -0.39 is 5.91 Å². The van der Waals surface area contributed by atoms with Gasteiger partial charge in [0.2, 0.25) is 0 Å². The average Bonchev–Trinajstić information content (AvgIpc) is 2.96. The zero-order valence-corrected chi connectivity index (χ0v) is 14.8. The highest BCUT2D eigenvalue weighted by atomic mass is 19.1. The van der Waals surface area contributed by atoms with Crippen molar-refractivity contribution in [2.45, 2.75) is 13.8 Å². The zero-order valence-electron chi connectivity index (χ0n) is 14.8. The first kappa shape index (κ1) is 16.8. The molecule has 0 aliphatic heterocycles. The number of hydrogen-bond donors (Lipinski definition) is 1. The Hall–Kier alpha value is -3.61. The normalized spacial score (nSPS) is 11.1. The van der Waals surface area contributed by atoms with Crippen molar-refractivity contribution in [3.8, 4) is 17.3 Å². The summed E-state index contributed by atoms with van der Waals surface area (Å²) in [6.45, 7) is 3.57. The molecule has 0 unspecified atom stereocenters. The Morgan fingerprint density at radius 2 is 1.93 bits per heavy atom. The fourth-order valence-corrected chi connectivity index (χ4v) is 3.22. The van der Waals surface area contributed by atoms with E-state index in [0.717, 1.165) is 11.2 Å². The van der Waals surface area contributed by atoms with Crippen LogP contribution in [0.15, 0.2) is 48.7 Å². The van der Waals surface area contributed by atoms with Gasteiger partial charge in [-0.3, -0.25) is 14.3 Å². The molecule has 0 saturated heterocycles. The van der Waals surface area contributed by atoms with Crippen molar-refractivity contribution in [1.82, 2.24) is 19.5 Å². The van der Waals surface area contributed by atoms with E-state index in [-0.39, 0.29) is 11.4 Å². The van der Waals surface area contributed by atoms with E-state index in [9.17, 15) is 9.18 Å². The van der Waals surface area contributed by atoms with Gasteiger partial charge >= 0.3 is 0 Å². The van der Waals surface area contributed by atoms with Crippen LogP contribution in [0.5, 0.6) is 0 Å². The van der Waals surface area contributed by atoms with Crippen molar-refractivity contribution in [3.63, 3.8) is 0 Å². The Bertz CT molecular complexity index is 1180. The third-order valence-corrected chi connectivity index (χ3v) is 4.37. The Labute approximate surface area is 154 Å². The van der Waals surface area contributed by atoms with Crippen LogP contribution < -0.4 is 5.73 Å². The number of halogens is 1. The topological polar surface area (TPSA) is 86.7 Å². The summed E-state index contributed by atoms with van der Waals surface area (Å²) in [6, 6.07) is 11.7. The molecule has 0 saturated carbocycles. The van der Waals surface area contributed by atoms with Gasteiger partial charge in [-0.05, 0) is 50.2 Å². The largest absolute Gasteiger partial charge is 0.365 e. The summed E-state index contributed by atoms with van der Waals surface area (Å²) in [5.41, 5.74) is 8.40. The van der Waals surface area contributed by atoms with Gasteiger partial charge in [0.05, 0.1) is 11.2 Å². The lowest BCUT2D eigenvalue weighted by molar-refractivity contribution is 0.0999. The maximum absolute atomic E-state index is 13.6. The highest BCUT2D eigenvalue weighted by molar-refractivity contribution is 5.98. The molecular formula is C20H16FN5O. The van der Waals surface area contributed by atoms with Gasteiger partial charge in [-0.15, -0.1) is 0 Å². The first-order valence-electron chi connectivity index (χ1n) is 8.33. The number of benzene rings is 1. The number of primary amides is 1. The van der Waals surface area contributed by atoms with Gasteiger partial charge in [-0.25, -0.2) is 14.4 Å². The molecule has 134 valence electrons. The summed E-state index contributed by atoms with van der Waals surface area (Å²) in [6.07, 6.45) is 1.65. The van der Waals surface area contributed by atoms with Crippen LogP contribution in [0.2, 0.25) is 0 Å². The predicted octanol–water partition coefficient (Wildman–Crippen LogP) is 3.34. The van der Waals surface area contributed by atoms with E-state index in [2.05, 4.69) is 15.0 Å². The Balaban J connectivity index is 2.06. The summed E-state index contributed by atoms with van der Waals surface area (Å²) in [4.78, 5) is 25.4. The van der Waals surface area contributed by atoms with E-state index in [1.54, 1.807) is 35.9 Å². The molecule has 4 rings (SSSR count). The zero-order chi connectivity index (χ0) is 19.1. The smallest absolute Gasteiger partial charge is 0.254 e. The van der Waals surface area contributed by atoms with E-state index in [0.29, 0.717) is 28.4 Å². The lowest BCUT2D eigenvalue weighted by atomic mass is 10.2. The number of amides is 1. The van der Waals surface area contributed by atoms with Gasteiger partial charge in [0.1, 0.15) is 17.1 Å². The van der Waals surface area contributed by atoms with Crippen LogP contribution in [0.1, 0.15) is 21.7 Å². The van der Waals surface area contributed by atoms with Crippen molar-refractivity contribution >= 4 is 16.8 Å². The summed E-state index contributed by atoms with van der Waals surface area (Å²) in [5.74, 6) is -0.215. The van der Waals surface area contributed by atoms with Crippen molar-refractivity contribution in [2.24, 2.45) is 5.73 Å². The number of nitrogens with zero attached hydrogens (tertiary/aromatic N) is 4. The fraction of sp³-hybridized carbons (Fsp3) is 0.100. The average molecular weight is 361 g/mol. The molecule has 0 aliphatic carbocycles. The standard InChI is InChI=1S/C20H16FN5O/c1-11-9-13-10-14(21)6-7-16(13)26(11)20-17(18(22)27)12(2)24-19(25-20)15-5-3-4-8-23-15/h3-10H,1-2H3,(H2,22,27). The number of rotatable bonds is 3. The quantitative estimate of drug-likeness (QED) is 0.606. The number of carbonyl (C=O) groups is 1. The van der Waals surface area contributed by atoms with Crippen LogP contribution in [-0.4, -0.2) is 25.4 Å². The SMILES string of the molecule is Cc1nc(-c2ccccn2)nc(-n2c(C)cc3cc(F)ccc32)c1C(N)=O. The lowest BCUT2D eigenvalue weighted by Gasteiger charge is -2.14. The third-order valence-electron chi connectivity index (χ3n) is 4.37. The molecule has 6 nitrogen and oxygen atoms in total. The van der Waals surface area contributed by atoms with Crippen LogP contribution in [0, 0.1) is 19.7 Å². The number of aryl methyl sites for hydroxylation is 2. The number of pyridine rings is 1. The minimum atomic E-state index is -0.626. The van der Waals surface area contributed by atoms with E-state index in [1.165, 1.54) is 12.1 Å². The molecule has 7 heteroatoms. The van der Waals surface area contributed by atoms with Gasteiger partial charge in [0, 0.05) is 17.3 Å². The van der Waals surface area contributed by atoms with Gasteiger partial charge < -0.3 is 5.73 Å². The molecule has 2 N–H and O–H groups in total. The molecule has 3 heterocycles. The second-order valence-corrected chi connectivity index (χ2v) is 6.23. The molecule has 3 aromatic heterocycles. The fourth-order valence-electron chi connectivity index (χ4n) is 3.22. The summed E-state index contributed by atoms with van der Waals surface area (Å²) in [7, 11) is 0. The first-order valence-corrected chi connectivity index (χ1v) is 8.33. The summed E-state index contributed by atoms with van der Waals surface area (Å²) < 4.78 is 15.4. The molecular weight excluding hydrogens is 345 g/mol. The second kappa shape index (κ2) is 6.28. The number of hydrogen-bond acceptors (Lipinski definition) is 4. The van der Waals surface area contributed by atoms with Crippen molar-refractivity contribution in [3.05, 3.63) is 71.4 Å². The molecule has 0 aliphatic rings. The van der Waals surface area contributed by atoms with Crippen LogP contribution in [0.25, 0.3) is 28.2 Å². The highest BCUT2D eigenvalue weighted by Crippen LogP contribution is 2.28. The summed E-state index contributed by atoms with van der Waals surface area (Å²) >= 11 is 0. The van der Waals surface area contributed by atoms with Crippen LogP contribution in [-0.2, 0) is 0 Å². The minimum absolute atomic E-state index is 0.222. The first-order chi connectivity index (χ1) is 13.0. The Morgan fingerprint density at radius 3 is 2.63 bits per heavy atom. The molecule has 27 heavy (non-hydrogen) atoms. The number of carbonyl (C=O) groups excluding carboxylic acids is 1. The maximum Gasteiger partial charge on any atom is 0.254 e. The van der Waals surface area contributed by atoms with Gasteiger partial charge in [0.25, 0.3) is 5.91 Å². The van der Waals surface area contributed by atoms with Gasteiger partial charge in [0.15, 0.2) is 11.6 Å². The molecule has 0 bridgehead atoms. The van der Waals surface area contributed by atoms with Crippen molar-refractivity contribution in [2.75, 3.05) is 0 Å². The highest BCUT2D eigenvalue weighted by Gasteiger charge is 2.21. The van der Waals surface area contributed by atoms with E-state index >= 15 is 0 Å². The van der Waals surface area contributed by atoms with E-state index in [1.807, 2.05) is 19.1 Å². The molecule has 0 atom stereocenters. The predicted molar refractivity (Wildman–Crippen MR) is 100 cm³/mol. The van der Waals surface area contributed by atoms with Crippen molar-refractivity contribution in [1.29, 1.82) is 0 Å². The minimum Gasteiger partial charge on any atom is -0.365 e. The molecule has 1 aromatic carbocycles. The Morgan fingerprint density at radius 1 is 1.11 bits per heavy atom. The van der Waals surface area contributed by atoms with E-state index in [4.69, 9.17) is 5.73 Å². The van der Waals surface area contributed by atoms with Crippen LogP contribution in [0.4, 0.5) is 4.39 Å². The summed E-state index contributed by atoms with van der Waals surface area (Å²) in [5, 5.41) is 0.707. The third kappa shape index (κ3) is 2.83. The molecule has 0 spiro atoms. The van der Waals surface area contributed by atoms with Crippen LogP contribution in [0.3, 0.4) is 0 Å². The molecule has 0 radical (unpaired) electrons. The molecule has 1 amide bonds. The number of aromatic nitrogens is 4. The van der Waals surface area contributed by atoms with Gasteiger partial charge in [-0.1, -0.05) is 6.07 Å². The number of nitrogens with two attached hydrogens (primary N) is 1. The van der Waals surface area contributed by atoms with Gasteiger partial charge in [-0.2, -0.15) is 0 Å². The second-order valence-electron chi connectivity index (χ2n) is 6.23. The van der Waals surface area contributed by atoms with Crippen molar-refractivity contribution < 1.29 is 9.18 Å².